The number of rotatable bonds is 5. The van der Waals surface area contributed by atoms with Gasteiger partial charge in [-0.15, -0.1) is 0 Å². The van der Waals surface area contributed by atoms with Gasteiger partial charge in [0.05, 0.1) is 0 Å². The lowest BCUT2D eigenvalue weighted by Crippen LogP contribution is -2.30. The van der Waals surface area contributed by atoms with E-state index in [1.165, 1.54) is 5.56 Å². The Kier molecular flexibility index (Phi) is 5.50. The van der Waals surface area contributed by atoms with Crippen LogP contribution in [0.2, 0.25) is 0 Å². The summed E-state index contributed by atoms with van der Waals surface area (Å²) in [6.07, 6.45) is 1.73. The molecular weight excluding hydrogens is 274 g/mol. The molecule has 0 spiro atoms. The topological polar surface area (TPSA) is 29.1 Å². The normalized spacial score (nSPS) is 14.9. The van der Waals surface area contributed by atoms with E-state index in [0.717, 1.165) is 11.0 Å². The Morgan fingerprint density at radius 2 is 2.00 bits per heavy atom. The quantitative estimate of drug-likeness (QED) is 0.901. The van der Waals surface area contributed by atoms with Crippen LogP contribution in [0.3, 0.4) is 0 Å². The molecule has 0 bridgehead atoms. The lowest BCUT2D eigenvalue weighted by atomic mass is 10.2. The number of nitrogens with one attached hydrogen (secondary N) is 1. The second-order valence-electron chi connectivity index (χ2n) is 3.65. The minimum atomic E-state index is -0.727. The van der Waals surface area contributed by atoms with E-state index >= 15 is 0 Å². The van der Waals surface area contributed by atoms with Gasteiger partial charge in [-0.25, -0.2) is 0 Å². The van der Waals surface area contributed by atoms with E-state index in [9.17, 15) is 4.21 Å². The molecule has 2 unspecified atom stereocenters. The highest BCUT2D eigenvalue weighted by Crippen LogP contribution is 2.10. The van der Waals surface area contributed by atoms with Crippen LogP contribution >= 0.6 is 15.9 Å². The van der Waals surface area contributed by atoms with E-state index in [-0.39, 0.29) is 0 Å². The monoisotopic (exact) mass is 289 g/mol. The number of hydrogen-bond donors (Lipinski definition) is 1. The first-order valence-corrected chi connectivity index (χ1v) is 7.38. The maximum Gasteiger partial charge on any atom is 0.0383 e. The van der Waals surface area contributed by atoms with E-state index in [1.54, 1.807) is 6.26 Å². The second kappa shape index (κ2) is 6.40. The predicted molar refractivity (Wildman–Crippen MR) is 69.4 cm³/mol. The van der Waals surface area contributed by atoms with Crippen LogP contribution in [0.25, 0.3) is 0 Å². The Morgan fingerprint density at radius 1 is 1.40 bits per heavy atom. The van der Waals surface area contributed by atoms with Crippen LogP contribution in [-0.4, -0.2) is 22.3 Å². The van der Waals surface area contributed by atoms with Crippen molar-refractivity contribution in [1.29, 1.82) is 0 Å². The van der Waals surface area contributed by atoms with Crippen molar-refractivity contribution in [3.63, 3.8) is 0 Å². The molecule has 0 aliphatic heterocycles. The Bertz CT molecular complexity index is 326. The summed E-state index contributed by atoms with van der Waals surface area (Å²) in [5, 5.41) is 3.34. The molecular formula is C11H16BrNOS. The molecule has 1 aromatic carbocycles. The predicted octanol–water partition coefficient (Wildman–Crippen LogP) is 2.31. The molecule has 2 nitrogen and oxygen atoms in total. The molecule has 0 fully saturated rings. The van der Waals surface area contributed by atoms with E-state index in [4.69, 9.17) is 0 Å². The first-order valence-electron chi connectivity index (χ1n) is 4.86. The van der Waals surface area contributed by atoms with Crippen molar-refractivity contribution in [2.75, 3.05) is 12.0 Å². The summed E-state index contributed by atoms with van der Waals surface area (Å²) in [6.45, 7) is 2.88. The van der Waals surface area contributed by atoms with Gasteiger partial charge >= 0.3 is 0 Å². The molecule has 0 saturated carbocycles. The Labute approximate surface area is 102 Å². The fraction of sp³-hybridized carbons (Fsp3) is 0.455. The molecule has 15 heavy (non-hydrogen) atoms. The molecule has 0 aliphatic rings. The molecule has 0 aromatic heterocycles. The van der Waals surface area contributed by atoms with E-state index in [0.29, 0.717) is 11.8 Å². The summed E-state index contributed by atoms with van der Waals surface area (Å²) < 4.78 is 12.1. The van der Waals surface area contributed by atoms with Crippen LogP contribution in [0.1, 0.15) is 12.5 Å². The van der Waals surface area contributed by atoms with Gasteiger partial charge in [-0.1, -0.05) is 28.1 Å². The fourth-order valence-corrected chi connectivity index (χ4v) is 2.39. The van der Waals surface area contributed by atoms with Gasteiger partial charge in [-0.3, -0.25) is 4.21 Å². The van der Waals surface area contributed by atoms with E-state index in [1.807, 2.05) is 12.1 Å². The maximum atomic E-state index is 11.0. The fourth-order valence-electron chi connectivity index (χ4n) is 1.31. The Balaban J connectivity index is 2.36. The highest BCUT2D eigenvalue weighted by molar-refractivity contribution is 9.10. The van der Waals surface area contributed by atoms with Gasteiger partial charge in [0.1, 0.15) is 0 Å². The molecule has 1 aromatic rings. The standard InChI is InChI=1S/C11H16BrNOS/c1-9(8-15(2)14)13-7-10-3-5-11(12)6-4-10/h3-6,9,13H,7-8H2,1-2H3. The van der Waals surface area contributed by atoms with Crippen LogP contribution < -0.4 is 5.32 Å². The summed E-state index contributed by atoms with van der Waals surface area (Å²) in [5.74, 6) is 0.705. The van der Waals surface area contributed by atoms with E-state index in [2.05, 4.69) is 40.3 Å². The molecule has 0 amide bonds. The zero-order chi connectivity index (χ0) is 11.3. The summed E-state index contributed by atoms with van der Waals surface area (Å²) in [6, 6.07) is 8.50. The Hall–Kier alpha value is -0.190. The van der Waals surface area contributed by atoms with Crippen LogP contribution in [0.15, 0.2) is 28.7 Å². The van der Waals surface area contributed by atoms with Gasteiger partial charge in [0.2, 0.25) is 0 Å². The summed E-state index contributed by atoms with van der Waals surface area (Å²) in [5.41, 5.74) is 1.24. The number of hydrogen-bond acceptors (Lipinski definition) is 2. The third kappa shape index (κ3) is 5.44. The Morgan fingerprint density at radius 3 is 2.53 bits per heavy atom. The third-order valence-electron chi connectivity index (χ3n) is 2.05. The van der Waals surface area contributed by atoms with Crippen LogP contribution in [0.4, 0.5) is 0 Å². The van der Waals surface area contributed by atoms with Gasteiger partial charge in [0.15, 0.2) is 0 Å². The zero-order valence-electron chi connectivity index (χ0n) is 9.00. The van der Waals surface area contributed by atoms with Gasteiger partial charge in [-0.05, 0) is 24.6 Å². The summed E-state index contributed by atoms with van der Waals surface area (Å²) in [7, 11) is -0.727. The molecule has 2 atom stereocenters. The summed E-state index contributed by atoms with van der Waals surface area (Å²) >= 11 is 3.40. The SMILES string of the molecule is CC(CS(C)=O)NCc1ccc(Br)cc1. The molecule has 0 heterocycles. The van der Waals surface area contributed by atoms with E-state index < -0.39 is 10.8 Å². The largest absolute Gasteiger partial charge is 0.309 e. The molecule has 0 saturated heterocycles. The molecule has 0 radical (unpaired) electrons. The molecule has 0 aliphatic carbocycles. The minimum absolute atomic E-state index is 0.291. The van der Waals surface area contributed by atoms with Crippen LogP contribution in [0.5, 0.6) is 0 Å². The van der Waals surface area contributed by atoms with Crippen molar-refractivity contribution >= 4 is 26.7 Å². The molecule has 1 N–H and O–H groups in total. The van der Waals surface area contributed by atoms with Crippen molar-refractivity contribution in [3.05, 3.63) is 34.3 Å². The first kappa shape index (κ1) is 12.9. The van der Waals surface area contributed by atoms with Crippen molar-refractivity contribution in [3.8, 4) is 0 Å². The van der Waals surface area contributed by atoms with Gasteiger partial charge < -0.3 is 5.32 Å². The van der Waals surface area contributed by atoms with Gasteiger partial charge in [0, 0.05) is 39.9 Å². The third-order valence-corrected chi connectivity index (χ3v) is 3.55. The minimum Gasteiger partial charge on any atom is -0.309 e. The molecule has 1 rings (SSSR count). The van der Waals surface area contributed by atoms with Crippen molar-refractivity contribution < 1.29 is 4.21 Å². The molecule has 4 heteroatoms. The highest BCUT2D eigenvalue weighted by Gasteiger charge is 2.03. The van der Waals surface area contributed by atoms with Crippen LogP contribution in [0, 0.1) is 0 Å². The van der Waals surface area contributed by atoms with Gasteiger partial charge in [-0.2, -0.15) is 0 Å². The first-order chi connectivity index (χ1) is 7.08. The molecule has 84 valence electrons. The lowest BCUT2D eigenvalue weighted by Gasteiger charge is -2.12. The average molecular weight is 290 g/mol. The maximum absolute atomic E-state index is 11.0. The van der Waals surface area contributed by atoms with Gasteiger partial charge in [0.25, 0.3) is 0 Å². The lowest BCUT2D eigenvalue weighted by molar-refractivity contribution is 0.587. The van der Waals surface area contributed by atoms with Crippen molar-refractivity contribution in [2.24, 2.45) is 0 Å². The zero-order valence-corrected chi connectivity index (χ0v) is 11.4. The van der Waals surface area contributed by atoms with Crippen LogP contribution in [-0.2, 0) is 17.3 Å². The average Bonchev–Trinajstić information content (AvgIpc) is 2.16. The highest BCUT2D eigenvalue weighted by atomic mass is 79.9. The summed E-state index contributed by atoms with van der Waals surface area (Å²) in [4.78, 5) is 0. The number of halogens is 1. The smallest absolute Gasteiger partial charge is 0.0383 e. The van der Waals surface area contributed by atoms with Crippen molar-refractivity contribution in [2.45, 2.75) is 19.5 Å². The number of benzene rings is 1. The second-order valence-corrected chi connectivity index (χ2v) is 6.04. The van der Waals surface area contributed by atoms with Crippen molar-refractivity contribution in [1.82, 2.24) is 5.32 Å².